The summed E-state index contributed by atoms with van der Waals surface area (Å²) in [5.74, 6) is 0.907. The lowest BCUT2D eigenvalue weighted by Crippen LogP contribution is -2.17. The van der Waals surface area contributed by atoms with Crippen molar-refractivity contribution in [3.8, 4) is 0 Å². The van der Waals surface area contributed by atoms with E-state index >= 15 is 0 Å². The Morgan fingerprint density at radius 3 is 2.60 bits per heavy atom. The number of hydrogen-bond acceptors (Lipinski definition) is 2. The number of benzene rings is 2. The molecule has 0 saturated carbocycles. The maximum absolute atomic E-state index is 4.62. The first kappa shape index (κ1) is 12.7. The molecule has 0 amide bonds. The summed E-state index contributed by atoms with van der Waals surface area (Å²) < 4.78 is 0. The smallest absolute Gasteiger partial charge is 0.203 e. The number of fused-ring (bicyclic) bond motifs is 1. The van der Waals surface area contributed by atoms with Crippen LogP contribution in [0.2, 0.25) is 0 Å². The van der Waals surface area contributed by atoms with Crippen molar-refractivity contribution in [3.63, 3.8) is 0 Å². The number of rotatable bonds is 3. The molecule has 0 spiro atoms. The molecule has 1 aromatic heterocycles. The molecule has 3 aromatic rings. The van der Waals surface area contributed by atoms with E-state index < -0.39 is 0 Å². The summed E-state index contributed by atoms with van der Waals surface area (Å²) in [5.41, 5.74) is 6.06. The quantitative estimate of drug-likeness (QED) is 0.780. The Morgan fingerprint density at radius 2 is 1.85 bits per heavy atom. The van der Waals surface area contributed by atoms with E-state index in [1.165, 1.54) is 16.7 Å². The molecule has 2 aromatic carbocycles. The van der Waals surface area contributed by atoms with Crippen LogP contribution in [0, 0.1) is 13.8 Å². The molecule has 0 aliphatic carbocycles. The van der Waals surface area contributed by atoms with Gasteiger partial charge >= 0.3 is 0 Å². The number of nitrogens with zero attached hydrogens (tertiary/aromatic N) is 2. The molecular formula is C17H19N3. The van der Waals surface area contributed by atoms with Crippen LogP contribution in [0.5, 0.6) is 0 Å². The van der Waals surface area contributed by atoms with Gasteiger partial charge < -0.3 is 9.88 Å². The first-order valence-electron chi connectivity index (χ1n) is 6.85. The van der Waals surface area contributed by atoms with Crippen molar-refractivity contribution in [2.75, 3.05) is 11.9 Å². The summed E-state index contributed by atoms with van der Waals surface area (Å²) in [6, 6.07) is 14.7. The Morgan fingerprint density at radius 1 is 1.05 bits per heavy atom. The molecule has 3 rings (SSSR count). The highest BCUT2D eigenvalue weighted by atomic mass is 15.2. The van der Waals surface area contributed by atoms with Crippen molar-refractivity contribution in [1.82, 2.24) is 9.97 Å². The molecule has 20 heavy (non-hydrogen) atoms. The van der Waals surface area contributed by atoms with Gasteiger partial charge in [0.1, 0.15) is 0 Å². The lowest BCUT2D eigenvalue weighted by molar-refractivity contribution is 0.883. The van der Waals surface area contributed by atoms with Gasteiger partial charge in [-0.1, -0.05) is 30.3 Å². The maximum Gasteiger partial charge on any atom is 0.203 e. The zero-order valence-electron chi connectivity index (χ0n) is 12.1. The summed E-state index contributed by atoms with van der Waals surface area (Å²) in [6.45, 7) is 5.14. The van der Waals surface area contributed by atoms with Crippen molar-refractivity contribution in [3.05, 3.63) is 59.2 Å². The van der Waals surface area contributed by atoms with E-state index in [1.807, 2.05) is 18.2 Å². The van der Waals surface area contributed by atoms with Gasteiger partial charge in [-0.25, -0.2) is 4.98 Å². The highest BCUT2D eigenvalue weighted by Gasteiger charge is 2.08. The van der Waals surface area contributed by atoms with Crippen LogP contribution in [-0.2, 0) is 6.54 Å². The summed E-state index contributed by atoms with van der Waals surface area (Å²) in [4.78, 5) is 10.1. The van der Waals surface area contributed by atoms with E-state index in [-0.39, 0.29) is 0 Å². The number of para-hydroxylation sites is 2. The number of H-pyrrole nitrogens is 1. The van der Waals surface area contributed by atoms with Crippen LogP contribution in [-0.4, -0.2) is 17.0 Å². The number of aromatic nitrogens is 2. The van der Waals surface area contributed by atoms with Crippen LogP contribution in [0.25, 0.3) is 11.0 Å². The minimum absolute atomic E-state index is 0.848. The second-order valence-electron chi connectivity index (χ2n) is 5.35. The zero-order valence-corrected chi connectivity index (χ0v) is 12.1. The van der Waals surface area contributed by atoms with E-state index in [2.05, 4.69) is 60.0 Å². The molecular weight excluding hydrogens is 246 g/mol. The first-order valence-corrected chi connectivity index (χ1v) is 6.85. The number of anilines is 1. The fourth-order valence-electron chi connectivity index (χ4n) is 2.37. The number of aromatic amines is 1. The normalized spacial score (nSPS) is 10.9. The lowest BCUT2D eigenvalue weighted by atomic mass is 10.1. The predicted molar refractivity (Wildman–Crippen MR) is 84.1 cm³/mol. The van der Waals surface area contributed by atoms with Crippen LogP contribution in [0.4, 0.5) is 5.95 Å². The molecule has 0 unspecified atom stereocenters. The number of imidazole rings is 1. The third-order valence-electron chi connectivity index (χ3n) is 3.73. The summed E-state index contributed by atoms with van der Waals surface area (Å²) in [7, 11) is 2.06. The Balaban J connectivity index is 1.84. The van der Waals surface area contributed by atoms with Gasteiger partial charge in [0.15, 0.2) is 0 Å². The van der Waals surface area contributed by atoms with Crippen molar-refractivity contribution in [2.24, 2.45) is 0 Å². The molecule has 3 nitrogen and oxygen atoms in total. The average molecular weight is 265 g/mol. The van der Waals surface area contributed by atoms with Crippen LogP contribution < -0.4 is 4.90 Å². The van der Waals surface area contributed by atoms with Crippen molar-refractivity contribution < 1.29 is 0 Å². The van der Waals surface area contributed by atoms with Crippen LogP contribution in [0.3, 0.4) is 0 Å². The van der Waals surface area contributed by atoms with Gasteiger partial charge in [-0.2, -0.15) is 0 Å². The predicted octanol–water partition coefficient (Wildman–Crippen LogP) is 3.82. The lowest BCUT2D eigenvalue weighted by Gasteiger charge is -2.16. The third kappa shape index (κ3) is 2.39. The average Bonchev–Trinajstić information content (AvgIpc) is 2.87. The van der Waals surface area contributed by atoms with E-state index in [1.54, 1.807) is 0 Å². The number of nitrogens with one attached hydrogen (secondary N) is 1. The minimum atomic E-state index is 0.848. The Bertz CT molecular complexity index is 710. The van der Waals surface area contributed by atoms with Crippen molar-refractivity contribution >= 4 is 17.0 Å². The second-order valence-corrected chi connectivity index (χ2v) is 5.35. The van der Waals surface area contributed by atoms with E-state index in [0.29, 0.717) is 0 Å². The van der Waals surface area contributed by atoms with E-state index in [4.69, 9.17) is 0 Å². The van der Waals surface area contributed by atoms with Gasteiger partial charge in [0.2, 0.25) is 5.95 Å². The standard InChI is InChI=1S/C17H19N3/c1-12-8-9-14(10-13(12)2)11-20(3)17-18-15-6-4-5-7-16(15)19-17/h4-10H,11H2,1-3H3,(H,18,19). The number of hydrogen-bond donors (Lipinski definition) is 1. The molecule has 3 heteroatoms. The molecule has 0 aliphatic heterocycles. The molecule has 0 radical (unpaired) electrons. The van der Waals surface area contributed by atoms with Gasteiger partial charge in [0.25, 0.3) is 0 Å². The maximum atomic E-state index is 4.62. The molecule has 0 bridgehead atoms. The molecule has 1 heterocycles. The Labute approximate surface area is 119 Å². The monoisotopic (exact) mass is 265 g/mol. The van der Waals surface area contributed by atoms with Crippen LogP contribution in [0.15, 0.2) is 42.5 Å². The van der Waals surface area contributed by atoms with Crippen molar-refractivity contribution in [1.29, 1.82) is 0 Å². The fraction of sp³-hybridized carbons (Fsp3) is 0.235. The van der Waals surface area contributed by atoms with Crippen LogP contribution >= 0.6 is 0 Å². The highest BCUT2D eigenvalue weighted by molar-refractivity contribution is 5.77. The van der Waals surface area contributed by atoms with Gasteiger partial charge in [-0.05, 0) is 42.7 Å². The minimum Gasteiger partial charge on any atom is -0.341 e. The third-order valence-corrected chi connectivity index (χ3v) is 3.73. The van der Waals surface area contributed by atoms with Crippen molar-refractivity contribution in [2.45, 2.75) is 20.4 Å². The zero-order chi connectivity index (χ0) is 14.1. The summed E-state index contributed by atoms with van der Waals surface area (Å²) in [5, 5.41) is 0. The molecule has 1 N–H and O–H groups in total. The molecule has 0 aliphatic rings. The summed E-state index contributed by atoms with van der Waals surface area (Å²) in [6.07, 6.45) is 0. The molecule has 0 fully saturated rings. The van der Waals surface area contributed by atoms with Crippen LogP contribution in [0.1, 0.15) is 16.7 Å². The van der Waals surface area contributed by atoms with Gasteiger partial charge in [0.05, 0.1) is 11.0 Å². The summed E-state index contributed by atoms with van der Waals surface area (Å²) >= 11 is 0. The van der Waals surface area contributed by atoms with Gasteiger partial charge in [-0.15, -0.1) is 0 Å². The second kappa shape index (κ2) is 5.00. The van der Waals surface area contributed by atoms with E-state index in [0.717, 1.165) is 23.5 Å². The molecule has 102 valence electrons. The number of aryl methyl sites for hydroxylation is 2. The largest absolute Gasteiger partial charge is 0.341 e. The van der Waals surface area contributed by atoms with Gasteiger partial charge in [0, 0.05) is 13.6 Å². The first-order chi connectivity index (χ1) is 9.63. The molecule has 0 atom stereocenters. The van der Waals surface area contributed by atoms with Gasteiger partial charge in [-0.3, -0.25) is 0 Å². The Hall–Kier alpha value is -2.29. The molecule has 0 saturated heterocycles. The highest BCUT2D eigenvalue weighted by Crippen LogP contribution is 2.18. The fourth-order valence-corrected chi connectivity index (χ4v) is 2.37. The SMILES string of the molecule is Cc1ccc(CN(C)c2nc3ccccc3[nH]2)cc1C. The van der Waals surface area contributed by atoms with E-state index in [9.17, 15) is 0 Å². The topological polar surface area (TPSA) is 31.9 Å². The Kier molecular flexibility index (Phi) is 3.18.